The zero-order chi connectivity index (χ0) is 22.8. The Hall–Kier alpha value is -2.29. The van der Waals surface area contributed by atoms with Gasteiger partial charge in [-0.05, 0) is 70.4 Å². The maximum absolute atomic E-state index is 13.8. The summed E-state index contributed by atoms with van der Waals surface area (Å²) in [5.41, 5.74) is 4.88. The SMILES string of the molecule is Cc1cc(C(=O)N(CCCN2CCOCC2)c2nc3cc(C)c(C)cc3s2)n(C(C)C)n1. The molecule has 3 aromatic rings. The number of morpholine rings is 1. The van der Waals surface area contributed by atoms with Crippen LogP contribution in [0.15, 0.2) is 18.2 Å². The van der Waals surface area contributed by atoms with Crippen molar-refractivity contribution < 1.29 is 9.53 Å². The van der Waals surface area contributed by atoms with E-state index in [1.54, 1.807) is 11.3 Å². The Morgan fingerprint density at radius 2 is 1.88 bits per heavy atom. The molecule has 0 N–H and O–H groups in total. The summed E-state index contributed by atoms with van der Waals surface area (Å²) >= 11 is 1.59. The lowest BCUT2D eigenvalue weighted by molar-refractivity contribution is 0.0376. The number of carbonyl (C=O) groups is 1. The lowest BCUT2D eigenvalue weighted by Gasteiger charge is -2.28. The van der Waals surface area contributed by atoms with Gasteiger partial charge >= 0.3 is 0 Å². The van der Waals surface area contributed by atoms with Crippen molar-refractivity contribution >= 4 is 32.6 Å². The summed E-state index contributed by atoms with van der Waals surface area (Å²) in [4.78, 5) is 22.9. The van der Waals surface area contributed by atoms with Gasteiger partial charge in [0.25, 0.3) is 5.91 Å². The van der Waals surface area contributed by atoms with Crippen LogP contribution in [0.2, 0.25) is 0 Å². The number of hydrogen-bond donors (Lipinski definition) is 0. The van der Waals surface area contributed by atoms with Gasteiger partial charge in [0.1, 0.15) is 5.69 Å². The third-order valence-corrected chi connectivity index (χ3v) is 7.04. The number of rotatable bonds is 7. The largest absolute Gasteiger partial charge is 0.379 e. The van der Waals surface area contributed by atoms with Gasteiger partial charge in [0.2, 0.25) is 0 Å². The molecule has 0 unspecified atom stereocenters. The van der Waals surface area contributed by atoms with Crippen molar-refractivity contribution in [1.29, 1.82) is 0 Å². The summed E-state index contributed by atoms with van der Waals surface area (Å²) < 4.78 is 8.40. The lowest BCUT2D eigenvalue weighted by atomic mass is 10.1. The number of hydrogen-bond acceptors (Lipinski definition) is 6. The first-order chi connectivity index (χ1) is 15.3. The van der Waals surface area contributed by atoms with E-state index in [1.807, 2.05) is 22.6 Å². The predicted octanol–water partition coefficient (Wildman–Crippen LogP) is 4.37. The minimum atomic E-state index is -0.0335. The zero-order valence-electron chi connectivity index (χ0n) is 19.7. The summed E-state index contributed by atoms with van der Waals surface area (Å²) in [7, 11) is 0. The number of benzene rings is 1. The molecule has 32 heavy (non-hydrogen) atoms. The molecule has 1 aliphatic rings. The normalized spacial score (nSPS) is 15.1. The molecule has 4 rings (SSSR count). The van der Waals surface area contributed by atoms with Gasteiger partial charge in [-0.2, -0.15) is 5.10 Å². The van der Waals surface area contributed by atoms with Crippen molar-refractivity contribution in [1.82, 2.24) is 19.7 Å². The van der Waals surface area contributed by atoms with Gasteiger partial charge in [-0.15, -0.1) is 0 Å². The van der Waals surface area contributed by atoms with Crippen LogP contribution >= 0.6 is 11.3 Å². The molecule has 0 bridgehead atoms. The van der Waals surface area contributed by atoms with Crippen LogP contribution in [-0.4, -0.2) is 65.0 Å². The molecular formula is C24H33N5O2S. The Kier molecular flexibility index (Phi) is 6.93. The molecule has 0 atom stereocenters. The van der Waals surface area contributed by atoms with Gasteiger partial charge in [0.05, 0.1) is 29.1 Å². The molecule has 0 radical (unpaired) electrons. The monoisotopic (exact) mass is 455 g/mol. The number of nitrogens with zero attached hydrogens (tertiary/aromatic N) is 5. The molecule has 1 saturated heterocycles. The molecule has 0 aliphatic carbocycles. The van der Waals surface area contributed by atoms with Crippen molar-refractivity contribution in [3.05, 3.63) is 40.7 Å². The van der Waals surface area contributed by atoms with Crippen molar-refractivity contribution in [2.45, 2.75) is 47.1 Å². The first kappa shape index (κ1) is 22.9. The number of ether oxygens (including phenoxy) is 1. The summed E-state index contributed by atoms with van der Waals surface area (Å²) in [6.07, 6.45) is 0.883. The number of thiazole rings is 1. The van der Waals surface area contributed by atoms with Crippen molar-refractivity contribution in [3.8, 4) is 0 Å². The number of fused-ring (bicyclic) bond motifs is 1. The van der Waals surface area contributed by atoms with Crippen molar-refractivity contribution in [2.75, 3.05) is 44.3 Å². The number of anilines is 1. The molecule has 1 aromatic carbocycles. The lowest BCUT2D eigenvalue weighted by Crippen LogP contribution is -2.39. The van der Waals surface area contributed by atoms with Crippen LogP contribution in [-0.2, 0) is 4.74 Å². The van der Waals surface area contributed by atoms with Crippen LogP contribution in [0.25, 0.3) is 10.2 Å². The second kappa shape index (κ2) is 9.68. The highest BCUT2D eigenvalue weighted by Crippen LogP contribution is 2.32. The minimum absolute atomic E-state index is 0.0335. The van der Waals surface area contributed by atoms with Crippen LogP contribution in [0.1, 0.15) is 53.6 Å². The number of aromatic nitrogens is 3. The fourth-order valence-corrected chi connectivity index (χ4v) is 5.12. The standard InChI is InChI=1S/C24H33N5O2S/c1-16(2)29-21(15-19(5)26-29)23(30)28(8-6-7-27-9-11-31-12-10-27)24-25-20-13-17(3)18(4)14-22(20)32-24/h13-16H,6-12H2,1-5H3. The van der Waals surface area contributed by atoms with Crippen LogP contribution < -0.4 is 4.90 Å². The fraction of sp³-hybridized carbons (Fsp3) is 0.542. The molecule has 2 aromatic heterocycles. The van der Waals surface area contributed by atoms with Gasteiger partial charge in [-0.25, -0.2) is 4.98 Å². The van der Waals surface area contributed by atoms with E-state index in [-0.39, 0.29) is 11.9 Å². The van der Waals surface area contributed by atoms with Crippen LogP contribution in [0.3, 0.4) is 0 Å². The highest BCUT2D eigenvalue weighted by molar-refractivity contribution is 7.22. The van der Waals surface area contributed by atoms with Crippen molar-refractivity contribution in [2.24, 2.45) is 0 Å². The van der Waals surface area contributed by atoms with E-state index in [0.717, 1.165) is 60.3 Å². The molecular weight excluding hydrogens is 422 g/mol. The first-order valence-electron chi connectivity index (χ1n) is 11.4. The first-order valence-corrected chi connectivity index (χ1v) is 12.2. The highest BCUT2D eigenvalue weighted by atomic mass is 32.1. The predicted molar refractivity (Wildman–Crippen MR) is 130 cm³/mol. The Bertz CT molecular complexity index is 1060. The topological polar surface area (TPSA) is 63.5 Å². The van der Waals surface area contributed by atoms with E-state index in [0.29, 0.717) is 12.2 Å². The van der Waals surface area contributed by atoms with Crippen molar-refractivity contribution in [3.63, 3.8) is 0 Å². The average Bonchev–Trinajstić information content (AvgIpc) is 3.35. The van der Waals surface area contributed by atoms with E-state index in [2.05, 4.69) is 49.8 Å². The Balaban J connectivity index is 1.64. The Labute approximate surface area is 194 Å². The molecule has 1 fully saturated rings. The second-order valence-electron chi connectivity index (χ2n) is 8.87. The molecule has 1 aliphatic heterocycles. The van der Waals surface area contributed by atoms with Crippen LogP contribution in [0, 0.1) is 20.8 Å². The molecule has 8 heteroatoms. The number of amides is 1. The summed E-state index contributed by atoms with van der Waals surface area (Å²) in [6, 6.07) is 6.28. The zero-order valence-corrected chi connectivity index (χ0v) is 20.5. The molecule has 0 spiro atoms. The third-order valence-electron chi connectivity index (χ3n) is 5.99. The van der Waals surface area contributed by atoms with Gasteiger partial charge in [0.15, 0.2) is 5.13 Å². The number of carbonyl (C=O) groups excluding carboxylic acids is 1. The maximum Gasteiger partial charge on any atom is 0.278 e. The summed E-state index contributed by atoms with van der Waals surface area (Å²) in [5, 5.41) is 5.31. The molecule has 3 heterocycles. The summed E-state index contributed by atoms with van der Waals surface area (Å²) in [5.74, 6) is -0.0335. The highest BCUT2D eigenvalue weighted by Gasteiger charge is 2.26. The third kappa shape index (κ3) is 4.87. The average molecular weight is 456 g/mol. The smallest absolute Gasteiger partial charge is 0.278 e. The van der Waals surface area contributed by atoms with Gasteiger partial charge in [-0.3, -0.25) is 19.3 Å². The van der Waals surface area contributed by atoms with Gasteiger partial charge in [-0.1, -0.05) is 11.3 Å². The van der Waals surface area contributed by atoms with E-state index in [4.69, 9.17) is 9.72 Å². The quantitative estimate of drug-likeness (QED) is 0.529. The number of aryl methyl sites for hydroxylation is 3. The van der Waals surface area contributed by atoms with E-state index in [9.17, 15) is 4.79 Å². The fourth-order valence-electron chi connectivity index (χ4n) is 4.05. The molecule has 172 valence electrons. The van der Waals surface area contributed by atoms with Crippen LogP contribution in [0.5, 0.6) is 0 Å². The molecule has 0 saturated carbocycles. The van der Waals surface area contributed by atoms with Gasteiger partial charge in [0, 0.05) is 32.2 Å². The van der Waals surface area contributed by atoms with Gasteiger partial charge < -0.3 is 4.74 Å². The maximum atomic E-state index is 13.8. The van der Waals surface area contributed by atoms with E-state index < -0.39 is 0 Å². The second-order valence-corrected chi connectivity index (χ2v) is 9.88. The van der Waals surface area contributed by atoms with E-state index >= 15 is 0 Å². The summed E-state index contributed by atoms with van der Waals surface area (Å²) in [6.45, 7) is 15.3. The van der Waals surface area contributed by atoms with Crippen LogP contribution in [0.4, 0.5) is 5.13 Å². The molecule has 1 amide bonds. The Morgan fingerprint density at radius 1 is 1.16 bits per heavy atom. The van der Waals surface area contributed by atoms with E-state index in [1.165, 1.54) is 11.1 Å². The minimum Gasteiger partial charge on any atom is -0.379 e. The Morgan fingerprint density at radius 3 is 2.59 bits per heavy atom. The molecule has 7 nitrogen and oxygen atoms in total.